The van der Waals surface area contributed by atoms with Gasteiger partial charge in [-0.3, -0.25) is 9.59 Å². The van der Waals surface area contributed by atoms with Crippen molar-refractivity contribution in [1.29, 1.82) is 0 Å². The first-order chi connectivity index (χ1) is 17.8. The first-order valence-corrected chi connectivity index (χ1v) is 12.1. The molecule has 2 aromatic rings. The number of nitrogens with two attached hydrogens (primary N) is 2. The molecule has 37 heavy (non-hydrogen) atoms. The number of ether oxygens (including phenoxy) is 4. The molecule has 0 saturated carbocycles. The molecule has 7 N–H and O–H groups in total. The van der Waals surface area contributed by atoms with Gasteiger partial charge in [-0.15, -0.1) is 0 Å². The summed E-state index contributed by atoms with van der Waals surface area (Å²) in [7, 11) is 1.61. The van der Waals surface area contributed by atoms with Gasteiger partial charge in [-0.2, -0.15) is 0 Å². The minimum Gasteiger partial charge on any atom is -0.507 e. The fourth-order valence-electron chi connectivity index (χ4n) is 3.26. The summed E-state index contributed by atoms with van der Waals surface area (Å²) in [5.74, 6) is -0.348. The van der Waals surface area contributed by atoms with Crippen LogP contribution in [0.25, 0.3) is 0 Å². The average molecular weight is 520 g/mol. The number of aliphatic hydroxyl groups is 1. The molecule has 0 saturated heterocycles. The summed E-state index contributed by atoms with van der Waals surface area (Å²) < 4.78 is 21.1. The van der Waals surface area contributed by atoms with E-state index in [2.05, 4.69) is 5.32 Å². The van der Waals surface area contributed by atoms with Crippen LogP contribution >= 0.6 is 0 Å². The molecule has 0 aliphatic heterocycles. The highest BCUT2D eigenvalue weighted by atomic mass is 16.5. The van der Waals surface area contributed by atoms with Crippen LogP contribution in [-0.2, 0) is 20.7 Å². The Labute approximate surface area is 216 Å². The fraction of sp³-hybridized carbons (Fsp3) is 0.462. The molecule has 0 bridgehead atoms. The Hall–Kier alpha value is -3.38. The number of unbranched alkanes of at least 4 members (excludes halogenated alkanes) is 1. The maximum Gasteiger partial charge on any atom is 0.323 e. The maximum atomic E-state index is 12.2. The summed E-state index contributed by atoms with van der Waals surface area (Å²) in [5, 5.41) is 22.7. The number of methoxy groups -OCH3 is 1. The Balaban J connectivity index is 1.55. The SMILES string of the molecule is COCCOc1ccc(C[C@H](N)C(=O)OCC(O)CNCCCCOc2ccc(O)c(C(N)=O)c2)cc1. The lowest BCUT2D eigenvalue weighted by molar-refractivity contribution is -0.148. The number of carbonyl (C=O) groups excluding carboxylic acids is 2. The number of esters is 1. The number of primary amides is 1. The van der Waals surface area contributed by atoms with Crippen molar-refractivity contribution < 1.29 is 38.7 Å². The Morgan fingerprint density at radius 3 is 2.41 bits per heavy atom. The van der Waals surface area contributed by atoms with Crippen LogP contribution in [0, 0.1) is 0 Å². The van der Waals surface area contributed by atoms with Gasteiger partial charge >= 0.3 is 5.97 Å². The Morgan fingerprint density at radius 1 is 1.00 bits per heavy atom. The van der Waals surface area contributed by atoms with Gasteiger partial charge in [-0.05, 0) is 61.7 Å². The number of hydrogen-bond donors (Lipinski definition) is 5. The number of benzene rings is 2. The van der Waals surface area contributed by atoms with Crippen molar-refractivity contribution in [2.45, 2.75) is 31.4 Å². The van der Waals surface area contributed by atoms with Crippen molar-refractivity contribution >= 4 is 11.9 Å². The zero-order valence-corrected chi connectivity index (χ0v) is 21.1. The van der Waals surface area contributed by atoms with Crippen LogP contribution in [0.2, 0.25) is 0 Å². The predicted molar refractivity (Wildman–Crippen MR) is 137 cm³/mol. The van der Waals surface area contributed by atoms with Crippen molar-refractivity contribution in [1.82, 2.24) is 5.32 Å². The number of hydrogen-bond acceptors (Lipinski definition) is 10. The molecule has 0 aliphatic carbocycles. The van der Waals surface area contributed by atoms with Gasteiger partial charge in [0, 0.05) is 13.7 Å². The number of rotatable bonds is 18. The summed E-state index contributed by atoms with van der Waals surface area (Å²) >= 11 is 0. The van der Waals surface area contributed by atoms with Gasteiger partial charge in [0.2, 0.25) is 0 Å². The lowest BCUT2D eigenvalue weighted by Crippen LogP contribution is -2.38. The summed E-state index contributed by atoms with van der Waals surface area (Å²) in [5.41, 5.74) is 12.0. The topological polar surface area (TPSA) is 176 Å². The molecule has 2 aromatic carbocycles. The zero-order chi connectivity index (χ0) is 27.0. The van der Waals surface area contributed by atoms with E-state index >= 15 is 0 Å². The monoisotopic (exact) mass is 519 g/mol. The number of amides is 1. The molecule has 0 aromatic heterocycles. The van der Waals surface area contributed by atoms with Crippen LogP contribution in [0.15, 0.2) is 42.5 Å². The second-order valence-electron chi connectivity index (χ2n) is 8.38. The van der Waals surface area contributed by atoms with Gasteiger partial charge in [0.15, 0.2) is 0 Å². The van der Waals surface area contributed by atoms with Crippen molar-refractivity contribution in [3.63, 3.8) is 0 Å². The lowest BCUT2D eigenvalue weighted by atomic mass is 10.1. The van der Waals surface area contributed by atoms with E-state index in [9.17, 15) is 19.8 Å². The minimum absolute atomic E-state index is 0.00739. The third-order valence-corrected chi connectivity index (χ3v) is 5.29. The number of nitrogens with one attached hydrogen (secondary N) is 1. The first-order valence-electron chi connectivity index (χ1n) is 12.1. The number of phenols is 1. The highest BCUT2D eigenvalue weighted by Gasteiger charge is 2.17. The van der Waals surface area contributed by atoms with E-state index in [1.165, 1.54) is 12.1 Å². The van der Waals surface area contributed by atoms with Crippen molar-refractivity contribution in [3.8, 4) is 17.2 Å². The molecule has 11 nitrogen and oxygen atoms in total. The van der Waals surface area contributed by atoms with E-state index in [1.807, 2.05) is 12.1 Å². The summed E-state index contributed by atoms with van der Waals surface area (Å²) in [6, 6.07) is 10.7. The van der Waals surface area contributed by atoms with Crippen molar-refractivity contribution in [2.75, 3.05) is 46.6 Å². The maximum absolute atomic E-state index is 12.2. The molecule has 1 unspecified atom stereocenters. The summed E-state index contributed by atoms with van der Waals surface area (Å²) in [6.45, 7) is 2.09. The number of aromatic hydroxyl groups is 1. The Bertz CT molecular complexity index is 971. The van der Waals surface area contributed by atoms with Crippen LogP contribution in [0.5, 0.6) is 17.2 Å². The molecule has 0 fully saturated rings. The van der Waals surface area contributed by atoms with Crippen LogP contribution < -0.4 is 26.3 Å². The van der Waals surface area contributed by atoms with E-state index < -0.39 is 24.0 Å². The molecule has 0 aliphatic rings. The van der Waals surface area contributed by atoms with Gasteiger partial charge in [-0.1, -0.05) is 12.1 Å². The van der Waals surface area contributed by atoms with E-state index in [4.69, 9.17) is 30.4 Å². The fourth-order valence-corrected chi connectivity index (χ4v) is 3.26. The van der Waals surface area contributed by atoms with Gasteiger partial charge in [-0.25, -0.2) is 0 Å². The number of carbonyl (C=O) groups is 2. The largest absolute Gasteiger partial charge is 0.507 e. The molecule has 0 heterocycles. The van der Waals surface area contributed by atoms with Crippen LogP contribution in [0.1, 0.15) is 28.8 Å². The van der Waals surface area contributed by atoms with Crippen LogP contribution in [0.4, 0.5) is 0 Å². The lowest BCUT2D eigenvalue weighted by Gasteiger charge is -2.15. The smallest absolute Gasteiger partial charge is 0.323 e. The van der Waals surface area contributed by atoms with E-state index in [1.54, 1.807) is 25.3 Å². The van der Waals surface area contributed by atoms with E-state index in [0.717, 1.165) is 18.4 Å². The molecule has 2 atom stereocenters. The van der Waals surface area contributed by atoms with E-state index in [-0.39, 0.29) is 24.5 Å². The van der Waals surface area contributed by atoms with Crippen molar-refractivity contribution in [3.05, 3.63) is 53.6 Å². The van der Waals surface area contributed by atoms with Gasteiger partial charge in [0.05, 0.1) is 18.8 Å². The first kappa shape index (κ1) is 29.8. The van der Waals surface area contributed by atoms with Crippen LogP contribution in [0.3, 0.4) is 0 Å². The van der Waals surface area contributed by atoms with E-state index in [0.29, 0.717) is 44.3 Å². The number of aliphatic hydroxyl groups excluding tert-OH is 1. The van der Waals surface area contributed by atoms with Crippen LogP contribution in [-0.4, -0.2) is 80.9 Å². The molecule has 11 heteroatoms. The normalized spacial score (nSPS) is 12.5. The highest BCUT2D eigenvalue weighted by molar-refractivity contribution is 5.95. The van der Waals surface area contributed by atoms with Gasteiger partial charge in [0.25, 0.3) is 5.91 Å². The quantitative estimate of drug-likeness (QED) is 0.139. The third-order valence-electron chi connectivity index (χ3n) is 5.29. The van der Waals surface area contributed by atoms with Gasteiger partial charge < -0.3 is 45.9 Å². The zero-order valence-electron chi connectivity index (χ0n) is 21.1. The Kier molecular flexibility index (Phi) is 13.2. The Morgan fingerprint density at radius 2 is 1.70 bits per heavy atom. The molecule has 0 spiro atoms. The summed E-state index contributed by atoms with van der Waals surface area (Å²) in [6.07, 6.45) is 0.941. The van der Waals surface area contributed by atoms with Crippen molar-refractivity contribution in [2.24, 2.45) is 11.5 Å². The molecule has 2 rings (SSSR count). The van der Waals surface area contributed by atoms with Gasteiger partial charge in [0.1, 0.15) is 42.6 Å². The molecular weight excluding hydrogens is 482 g/mol. The highest BCUT2D eigenvalue weighted by Crippen LogP contribution is 2.22. The minimum atomic E-state index is -0.861. The predicted octanol–water partition coefficient (Wildman–Crippen LogP) is 0.739. The molecule has 1 amide bonds. The third kappa shape index (κ3) is 11.5. The second kappa shape index (κ2) is 16.4. The summed E-state index contributed by atoms with van der Waals surface area (Å²) in [4.78, 5) is 23.4. The molecule has 204 valence electrons. The second-order valence-corrected chi connectivity index (χ2v) is 8.38. The average Bonchev–Trinajstić information content (AvgIpc) is 2.88. The molecule has 0 radical (unpaired) electrons. The molecular formula is C26H37N3O8. The standard InChI is InChI=1S/C26H37N3O8/c1-34-12-13-36-20-6-4-18(5-7-20)14-23(27)26(33)37-17-19(30)16-29-10-2-3-11-35-21-8-9-24(31)22(15-21)25(28)32/h4-9,15,19,23,29-31H,2-3,10-14,16-17,27H2,1H3,(H2,28,32)/t19?,23-/m0/s1.